The topological polar surface area (TPSA) is 63.8 Å². The van der Waals surface area contributed by atoms with Gasteiger partial charge in [-0.25, -0.2) is 0 Å². The van der Waals surface area contributed by atoms with Crippen LogP contribution in [-0.2, 0) is 13.5 Å². The number of aryl methyl sites for hydroxylation is 1. The fourth-order valence-electron chi connectivity index (χ4n) is 1.63. The van der Waals surface area contributed by atoms with Crippen molar-refractivity contribution in [1.29, 1.82) is 0 Å². The lowest BCUT2D eigenvalue weighted by atomic mass is 10.2. The molecule has 0 saturated heterocycles. The second kappa shape index (κ2) is 4.17. The molecule has 1 unspecified atom stereocenters. The van der Waals surface area contributed by atoms with Gasteiger partial charge in [-0.1, -0.05) is 0 Å². The molecule has 0 spiro atoms. The molecule has 0 amide bonds. The van der Waals surface area contributed by atoms with E-state index in [1.807, 2.05) is 6.07 Å². The van der Waals surface area contributed by atoms with Crippen molar-refractivity contribution in [2.24, 2.45) is 7.05 Å². The van der Waals surface area contributed by atoms with Crippen molar-refractivity contribution in [2.45, 2.75) is 12.5 Å². The van der Waals surface area contributed by atoms with Crippen molar-refractivity contribution < 1.29 is 5.11 Å². The zero-order valence-electron chi connectivity index (χ0n) is 9.07. The molecule has 7 heteroatoms. The number of rotatable bonds is 3. The summed E-state index contributed by atoms with van der Waals surface area (Å²) in [6.45, 7) is 0. The summed E-state index contributed by atoms with van der Waals surface area (Å²) in [5.41, 5.74) is 0. The Bertz CT molecular complexity index is 613. The second-order valence-electron chi connectivity index (χ2n) is 3.71. The summed E-state index contributed by atoms with van der Waals surface area (Å²) in [6.07, 6.45) is -0.148. The predicted molar refractivity (Wildman–Crippen MR) is 67.2 cm³/mol. The minimum absolute atomic E-state index is 0.404. The zero-order chi connectivity index (χ0) is 11.8. The van der Waals surface area contributed by atoms with Gasteiger partial charge in [0.2, 0.25) is 0 Å². The van der Waals surface area contributed by atoms with Crippen LogP contribution in [0.3, 0.4) is 0 Å². The van der Waals surface area contributed by atoms with E-state index in [0.717, 1.165) is 4.88 Å². The first-order chi connectivity index (χ1) is 8.22. The molecule has 17 heavy (non-hydrogen) atoms. The smallest absolute Gasteiger partial charge is 0.177 e. The predicted octanol–water partition coefficient (Wildman–Crippen LogP) is 1.76. The van der Waals surface area contributed by atoms with Crippen LogP contribution in [0.1, 0.15) is 16.8 Å². The number of tetrazole rings is 1. The first kappa shape index (κ1) is 10.8. The highest BCUT2D eigenvalue weighted by atomic mass is 32.1. The average Bonchev–Trinajstić information content (AvgIpc) is 2.92. The largest absolute Gasteiger partial charge is 0.387 e. The van der Waals surface area contributed by atoms with Crippen molar-refractivity contribution in [2.75, 3.05) is 0 Å². The molecule has 5 nitrogen and oxygen atoms in total. The van der Waals surface area contributed by atoms with Crippen LogP contribution in [0.25, 0.3) is 9.40 Å². The van der Waals surface area contributed by atoms with E-state index in [4.69, 9.17) is 0 Å². The van der Waals surface area contributed by atoms with Crippen LogP contribution in [0, 0.1) is 0 Å². The molecule has 0 aliphatic heterocycles. The SMILES string of the molecule is Cn1nnc(CC(O)c2cc3sccc3s2)n1. The number of hydrogen-bond donors (Lipinski definition) is 1. The molecular weight excluding hydrogens is 256 g/mol. The summed E-state index contributed by atoms with van der Waals surface area (Å²) in [4.78, 5) is 2.36. The third-order valence-corrected chi connectivity index (χ3v) is 4.61. The Kier molecular flexibility index (Phi) is 2.65. The molecule has 88 valence electrons. The van der Waals surface area contributed by atoms with Gasteiger partial charge in [0, 0.05) is 20.7 Å². The van der Waals surface area contributed by atoms with Gasteiger partial charge in [0.1, 0.15) is 0 Å². The Morgan fingerprint density at radius 2 is 2.35 bits per heavy atom. The summed E-state index contributed by atoms with van der Waals surface area (Å²) in [5, 5.41) is 23.8. The van der Waals surface area contributed by atoms with E-state index in [-0.39, 0.29) is 0 Å². The number of aliphatic hydroxyl groups excluding tert-OH is 1. The Balaban J connectivity index is 1.82. The molecule has 1 atom stereocenters. The van der Waals surface area contributed by atoms with Gasteiger partial charge in [-0.15, -0.1) is 32.9 Å². The lowest BCUT2D eigenvalue weighted by molar-refractivity contribution is 0.179. The summed E-state index contributed by atoms with van der Waals surface area (Å²) >= 11 is 3.30. The van der Waals surface area contributed by atoms with Gasteiger partial charge in [-0.05, 0) is 22.7 Å². The Morgan fingerprint density at radius 3 is 3.06 bits per heavy atom. The molecule has 3 rings (SSSR count). The van der Waals surface area contributed by atoms with Gasteiger partial charge >= 0.3 is 0 Å². The van der Waals surface area contributed by atoms with Gasteiger partial charge in [-0.2, -0.15) is 4.80 Å². The zero-order valence-corrected chi connectivity index (χ0v) is 10.7. The van der Waals surface area contributed by atoms with E-state index < -0.39 is 6.10 Å². The fourth-order valence-corrected chi connectivity index (χ4v) is 3.73. The van der Waals surface area contributed by atoms with Crippen LogP contribution in [0.5, 0.6) is 0 Å². The van der Waals surface area contributed by atoms with Gasteiger partial charge in [0.25, 0.3) is 0 Å². The van der Waals surface area contributed by atoms with Gasteiger partial charge < -0.3 is 5.11 Å². The van der Waals surface area contributed by atoms with Crippen LogP contribution < -0.4 is 0 Å². The highest BCUT2D eigenvalue weighted by Gasteiger charge is 2.15. The van der Waals surface area contributed by atoms with Gasteiger partial charge in [-0.3, -0.25) is 0 Å². The molecule has 1 N–H and O–H groups in total. The highest BCUT2D eigenvalue weighted by molar-refractivity contribution is 7.26. The molecule has 3 aromatic rings. The number of fused-ring (bicyclic) bond motifs is 1. The minimum Gasteiger partial charge on any atom is -0.387 e. The van der Waals surface area contributed by atoms with E-state index in [2.05, 4.69) is 26.9 Å². The van der Waals surface area contributed by atoms with Crippen molar-refractivity contribution in [1.82, 2.24) is 20.2 Å². The van der Waals surface area contributed by atoms with E-state index in [9.17, 15) is 5.11 Å². The molecule has 3 aromatic heterocycles. The lowest BCUT2D eigenvalue weighted by Gasteiger charge is -2.03. The average molecular weight is 266 g/mol. The summed E-state index contributed by atoms with van der Waals surface area (Å²) in [6, 6.07) is 4.10. The highest BCUT2D eigenvalue weighted by Crippen LogP contribution is 2.34. The molecule has 3 heterocycles. The first-order valence-corrected chi connectivity index (χ1v) is 6.80. The number of thiophene rings is 2. The first-order valence-electron chi connectivity index (χ1n) is 5.10. The van der Waals surface area contributed by atoms with Crippen molar-refractivity contribution in [3.63, 3.8) is 0 Å². The van der Waals surface area contributed by atoms with Crippen LogP contribution >= 0.6 is 22.7 Å². The Hall–Kier alpha value is -1.31. The van der Waals surface area contributed by atoms with E-state index in [1.165, 1.54) is 14.2 Å². The van der Waals surface area contributed by atoms with Crippen LogP contribution in [0.15, 0.2) is 17.5 Å². The summed E-state index contributed by atoms with van der Waals surface area (Å²) in [7, 11) is 1.71. The Labute approximate surface area is 105 Å². The molecule has 0 saturated carbocycles. The monoisotopic (exact) mass is 266 g/mol. The number of aliphatic hydroxyl groups is 1. The third kappa shape index (κ3) is 2.08. The van der Waals surface area contributed by atoms with E-state index in [1.54, 1.807) is 29.7 Å². The normalized spacial score (nSPS) is 13.3. The van der Waals surface area contributed by atoms with Crippen molar-refractivity contribution >= 4 is 32.1 Å². The number of aromatic nitrogens is 4. The van der Waals surface area contributed by atoms with Gasteiger partial charge in [0.05, 0.1) is 13.2 Å². The molecule has 0 aromatic carbocycles. The summed E-state index contributed by atoms with van der Waals surface area (Å²) in [5.74, 6) is 0.566. The molecular formula is C10H10N4OS2. The fraction of sp³-hybridized carbons (Fsp3) is 0.300. The molecule has 0 radical (unpaired) electrons. The second-order valence-corrected chi connectivity index (χ2v) is 5.78. The maximum atomic E-state index is 10.1. The van der Waals surface area contributed by atoms with Crippen molar-refractivity contribution in [3.8, 4) is 0 Å². The lowest BCUT2D eigenvalue weighted by Crippen LogP contribution is -2.02. The molecule has 0 aliphatic rings. The van der Waals surface area contributed by atoms with E-state index >= 15 is 0 Å². The molecule has 0 fully saturated rings. The minimum atomic E-state index is -0.552. The Morgan fingerprint density at radius 1 is 1.47 bits per heavy atom. The maximum Gasteiger partial charge on any atom is 0.177 e. The maximum absolute atomic E-state index is 10.1. The molecule has 0 bridgehead atoms. The van der Waals surface area contributed by atoms with Crippen LogP contribution in [0.4, 0.5) is 0 Å². The van der Waals surface area contributed by atoms with Crippen LogP contribution in [0.2, 0.25) is 0 Å². The van der Waals surface area contributed by atoms with Crippen molar-refractivity contribution in [3.05, 3.63) is 28.2 Å². The summed E-state index contributed by atoms with van der Waals surface area (Å²) < 4.78 is 2.44. The third-order valence-electron chi connectivity index (χ3n) is 2.41. The number of hydrogen-bond acceptors (Lipinski definition) is 6. The number of nitrogens with zero attached hydrogens (tertiary/aromatic N) is 4. The molecule has 0 aliphatic carbocycles. The quantitative estimate of drug-likeness (QED) is 0.784. The van der Waals surface area contributed by atoms with Crippen LogP contribution in [-0.4, -0.2) is 25.3 Å². The van der Waals surface area contributed by atoms with E-state index in [0.29, 0.717) is 12.2 Å². The van der Waals surface area contributed by atoms with Gasteiger partial charge in [0.15, 0.2) is 5.82 Å². The standard InChI is InChI=1S/C10H10N4OS2/c1-14-12-10(11-13-14)4-6(15)8-5-9-7(17-8)2-3-16-9/h2-3,5-6,15H,4H2,1H3.